The fraction of sp³-hybridized carbons (Fsp3) is 0.192. The van der Waals surface area contributed by atoms with E-state index in [-0.39, 0.29) is 5.91 Å². The van der Waals surface area contributed by atoms with Crippen LogP contribution in [0.3, 0.4) is 0 Å². The first-order chi connectivity index (χ1) is 15.6. The lowest BCUT2D eigenvalue weighted by Gasteiger charge is -2.17. The fourth-order valence-electron chi connectivity index (χ4n) is 4.68. The molecule has 6 heteroatoms. The average Bonchev–Trinajstić information content (AvgIpc) is 3.49. The first-order valence-electron chi connectivity index (χ1n) is 10.9. The van der Waals surface area contributed by atoms with Crippen LogP contribution >= 0.6 is 0 Å². The van der Waals surface area contributed by atoms with Crippen molar-refractivity contribution < 1.29 is 4.79 Å². The summed E-state index contributed by atoms with van der Waals surface area (Å²) in [6, 6.07) is 14.1. The molecule has 6 rings (SSSR count). The van der Waals surface area contributed by atoms with Gasteiger partial charge in [0.05, 0.1) is 16.8 Å². The van der Waals surface area contributed by atoms with E-state index in [0.29, 0.717) is 30.3 Å². The van der Waals surface area contributed by atoms with E-state index in [0.717, 1.165) is 39.0 Å². The highest BCUT2D eigenvalue weighted by molar-refractivity contribution is 6.06. The van der Waals surface area contributed by atoms with E-state index in [1.54, 1.807) is 12.4 Å². The van der Waals surface area contributed by atoms with Crippen molar-refractivity contribution in [1.82, 2.24) is 20.1 Å². The number of carbonyl (C=O) groups is 1. The number of pyridine rings is 1. The third-order valence-electron chi connectivity index (χ3n) is 6.53. The van der Waals surface area contributed by atoms with Gasteiger partial charge in [-0.15, -0.1) is 0 Å². The van der Waals surface area contributed by atoms with Crippen molar-refractivity contribution >= 4 is 28.1 Å². The van der Waals surface area contributed by atoms with Crippen molar-refractivity contribution in [2.24, 2.45) is 0 Å². The quantitative estimate of drug-likeness (QED) is 0.455. The fourth-order valence-corrected chi connectivity index (χ4v) is 4.68. The number of anilines is 1. The Morgan fingerprint density at radius 3 is 2.75 bits per heavy atom. The molecule has 2 aromatic heterocycles. The van der Waals surface area contributed by atoms with E-state index >= 15 is 0 Å². The van der Waals surface area contributed by atoms with E-state index in [9.17, 15) is 4.79 Å². The van der Waals surface area contributed by atoms with Gasteiger partial charge in [0.15, 0.2) is 0 Å². The largest absolute Gasteiger partial charge is 0.398 e. The van der Waals surface area contributed by atoms with Crippen LogP contribution in [-0.2, 0) is 6.54 Å². The SMILES string of the molecule is C=C(CN1Cc2c(-c3ccc4[nH]nc(C5CC5)c4c3)ccc(N)c2C1=O)c1ccncc1. The second-order valence-corrected chi connectivity index (χ2v) is 8.70. The van der Waals surface area contributed by atoms with Gasteiger partial charge >= 0.3 is 0 Å². The van der Waals surface area contributed by atoms with Crippen LogP contribution < -0.4 is 5.73 Å². The molecule has 2 aliphatic rings. The number of hydrogen-bond acceptors (Lipinski definition) is 4. The number of rotatable bonds is 5. The first-order valence-corrected chi connectivity index (χ1v) is 10.9. The van der Waals surface area contributed by atoms with Gasteiger partial charge in [-0.25, -0.2) is 0 Å². The lowest BCUT2D eigenvalue weighted by Crippen LogP contribution is -2.25. The average molecular weight is 422 g/mol. The minimum absolute atomic E-state index is 0.0439. The lowest BCUT2D eigenvalue weighted by atomic mass is 9.94. The molecule has 0 unspecified atom stereocenters. The molecule has 1 aliphatic heterocycles. The summed E-state index contributed by atoms with van der Waals surface area (Å²) in [5, 5.41) is 8.87. The maximum atomic E-state index is 13.3. The Labute approximate surface area is 185 Å². The summed E-state index contributed by atoms with van der Waals surface area (Å²) in [5.41, 5.74) is 14.6. The highest BCUT2D eigenvalue weighted by atomic mass is 16.2. The maximum absolute atomic E-state index is 13.3. The summed E-state index contributed by atoms with van der Waals surface area (Å²) in [7, 11) is 0. The molecule has 0 saturated heterocycles. The Morgan fingerprint density at radius 2 is 1.97 bits per heavy atom. The van der Waals surface area contributed by atoms with Gasteiger partial charge < -0.3 is 10.6 Å². The zero-order valence-electron chi connectivity index (χ0n) is 17.6. The molecule has 1 saturated carbocycles. The van der Waals surface area contributed by atoms with Crippen LogP contribution in [0.2, 0.25) is 0 Å². The van der Waals surface area contributed by atoms with Crippen LogP contribution in [0.1, 0.15) is 45.9 Å². The molecular weight excluding hydrogens is 398 g/mol. The van der Waals surface area contributed by atoms with Gasteiger partial charge in [-0.3, -0.25) is 14.9 Å². The van der Waals surface area contributed by atoms with Gasteiger partial charge in [0.2, 0.25) is 0 Å². The number of benzene rings is 2. The van der Waals surface area contributed by atoms with Crippen LogP contribution in [0.5, 0.6) is 0 Å². The predicted octanol–water partition coefficient (Wildman–Crippen LogP) is 4.75. The number of H-pyrrole nitrogens is 1. The van der Waals surface area contributed by atoms with Crippen molar-refractivity contribution in [3.05, 3.63) is 83.8 Å². The van der Waals surface area contributed by atoms with Crippen LogP contribution in [0, 0.1) is 0 Å². The number of nitrogens with two attached hydrogens (primary N) is 1. The monoisotopic (exact) mass is 421 g/mol. The summed E-state index contributed by atoms with van der Waals surface area (Å²) >= 11 is 0. The number of carbonyl (C=O) groups excluding carboxylic acids is 1. The second kappa shape index (κ2) is 7.05. The zero-order chi connectivity index (χ0) is 21.8. The summed E-state index contributed by atoms with van der Waals surface area (Å²) in [6.07, 6.45) is 5.87. The standard InChI is InChI=1S/C26H23N5O/c1-15(16-8-10-28-11-9-16)13-31-14-21-19(5-6-22(27)24(21)26(31)32)18-4-7-23-20(12-18)25(30-29-23)17-2-3-17/h4-12,17H,1-3,13-14,27H2,(H,29,30). The number of nitrogens with zero attached hydrogens (tertiary/aromatic N) is 3. The minimum Gasteiger partial charge on any atom is -0.398 e. The Morgan fingerprint density at radius 1 is 1.16 bits per heavy atom. The number of nitrogen functional groups attached to an aromatic ring is 1. The number of hydrogen-bond donors (Lipinski definition) is 2. The Balaban J connectivity index is 1.37. The van der Waals surface area contributed by atoms with E-state index in [1.165, 1.54) is 18.2 Å². The van der Waals surface area contributed by atoms with E-state index in [2.05, 4.69) is 40.0 Å². The third-order valence-corrected chi connectivity index (χ3v) is 6.53. The molecule has 2 aromatic carbocycles. The molecule has 158 valence electrons. The van der Waals surface area contributed by atoms with Gasteiger partial charge in [0, 0.05) is 42.5 Å². The maximum Gasteiger partial charge on any atom is 0.256 e. The smallest absolute Gasteiger partial charge is 0.256 e. The van der Waals surface area contributed by atoms with Crippen LogP contribution in [0.15, 0.2) is 61.4 Å². The molecule has 0 radical (unpaired) electrons. The normalized spacial score (nSPS) is 15.4. The predicted molar refractivity (Wildman–Crippen MR) is 126 cm³/mol. The summed E-state index contributed by atoms with van der Waals surface area (Å²) in [5.74, 6) is 0.519. The van der Waals surface area contributed by atoms with Crippen molar-refractivity contribution in [1.29, 1.82) is 0 Å². The van der Waals surface area contributed by atoms with Gasteiger partial charge in [0.1, 0.15) is 0 Å². The van der Waals surface area contributed by atoms with E-state index in [4.69, 9.17) is 5.73 Å². The summed E-state index contributed by atoms with van der Waals surface area (Å²) in [4.78, 5) is 19.1. The number of amides is 1. The molecule has 0 atom stereocenters. The summed E-state index contributed by atoms with van der Waals surface area (Å²) < 4.78 is 0. The van der Waals surface area contributed by atoms with Crippen LogP contribution in [0.4, 0.5) is 5.69 Å². The molecule has 3 N–H and O–H groups in total. The molecule has 1 aliphatic carbocycles. The minimum atomic E-state index is -0.0439. The number of nitrogens with one attached hydrogen (secondary N) is 1. The van der Waals surface area contributed by atoms with Crippen molar-refractivity contribution in [2.45, 2.75) is 25.3 Å². The van der Waals surface area contributed by atoms with Crippen molar-refractivity contribution in [3.63, 3.8) is 0 Å². The lowest BCUT2D eigenvalue weighted by molar-refractivity contribution is 0.0800. The van der Waals surface area contributed by atoms with Crippen molar-refractivity contribution in [3.8, 4) is 11.1 Å². The van der Waals surface area contributed by atoms with Gasteiger partial charge in [-0.1, -0.05) is 18.7 Å². The summed E-state index contributed by atoms with van der Waals surface area (Å²) in [6.45, 7) is 5.14. The Kier molecular flexibility index (Phi) is 4.15. The van der Waals surface area contributed by atoms with Gasteiger partial charge in [0.25, 0.3) is 5.91 Å². The molecule has 0 bridgehead atoms. The topological polar surface area (TPSA) is 87.9 Å². The Hall–Kier alpha value is -3.93. The van der Waals surface area contributed by atoms with Gasteiger partial charge in [-0.05, 0) is 71.0 Å². The van der Waals surface area contributed by atoms with Gasteiger partial charge in [-0.2, -0.15) is 5.10 Å². The highest BCUT2D eigenvalue weighted by Crippen LogP contribution is 2.43. The molecule has 1 fully saturated rings. The third kappa shape index (κ3) is 2.99. The molecule has 6 nitrogen and oxygen atoms in total. The molecule has 32 heavy (non-hydrogen) atoms. The Bertz CT molecular complexity index is 1380. The second-order valence-electron chi connectivity index (χ2n) is 8.70. The number of aromatic nitrogens is 3. The zero-order valence-corrected chi connectivity index (χ0v) is 17.6. The van der Waals surface area contributed by atoms with Crippen LogP contribution in [-0.4, -0.2) is 32.5 Å². The highest BCUT2D eigenvalue weighted by Gasteiger charge is 2.33. The molecule has 4 aromatic rings. The van der Waals surface area contributed by atoms with Crippen molar-refractivity contribution in [2.75, 3.05) is 12.3 Å². The van der Waals surface area contributed by atoms with E-state index in [1.807, 2.05) is 29.2 Å². The molecule has 3 heterocycles. The first kappa shape index (κ1) is 18.8. The van der Waals surface area contributed by atoms with E-state index < -0.39 is 0 Å². The molecular formula is C26H23N5O. The molecule has 0 spiro atoms. The van der Waals surface area contributed by atoms with Crippen LogP contribution in [0.25, 0.3) is 27.6 Å². The number of fused-ring (bicyclic) bond motifs is 2. The number of aromatic amines is 1. The molecule has 1 amide bonds.